The summed E-state index contributed by atoms with van der Waals surface area (Å²) in [5.74, 6) is 1.23. The Labute approximate surface area is 120 Å². The average Bonchev–Trinajstić information content (AvgIpc) is 2.95. The van der Waals surface area contributed by atoms with E-state index in [0.717, 1.165) is 30.7 Å². The number of methoxy groups -OCH3 is 1. The van der Waals surface area contributed by atoms with Gasteiger partial charge in [0.2, 0.25) is 5.91 Å². The van der Waals surface area contributed by atoms with Gasteiger partial charge in [0.15, 0.2) is 0 Å². The van der Waals surface area contributed by atoms with Gasteiger partial charge in [0, 0.05) is 25.4 Å². The second kappa shape index (κ2) is 6.75. The average molecular weight is 277 g/mol. The number of carbonyl (C=O) groups is 1. The van der Waals surface area contributed by atoms with Crippen LogP contribution in [0, 0.1) is 5.92 Å². The summed E-state index contributed by atoms with van der Waals surface area (Å²) in [7, 11) is 1.64. The molecular weight excluding hydrogens is 254 g/mol. The molecule has 1 N–H and O–H groups in total. The molecule has 2 unspecified atom stereocenters. The zero-order valence-corrected chi connectivity index (χ0v) is 12.2. The van der Waals surface area contributed by atoms with Crippen LogP contribution in [0.15, 0.2) is 24.3 Å². The molecule has 0 aromatic heterocycles. The molecule has 1 aromatic carbocycles. The predicted molar refractivity (Wildman–Crippen MR) is 77.7 cm³/mol. The maximum Gasteiger partial charge on any atom is 0.222 e. The van der Waals surface area contributed by atoms with Gasteiger partial charge in [-0.3, -0.25) is 4.79 Å². The molecule has 0 bridgehead atoms. The van der Waals surface area contributed by atoms with Crippen molar-refractivity contribution in [1.29, 1.82) is 0 Å². The van der Waals surface area contributed by atoms with E-state index in [2.05, 4.69) is 0 Å². The van der Waals surface area contributed by atoms with Gasteiger partial charge in [-0.05, 0) is 37.5 Å². The van der Waals surface area contributed by atoms with Crippen molar-refractivity contribution in [3.8, 4) is 5.75 Å². The molecule has 2 rings (SSSR count). The van der Waals surface area contributed by atoms with E-state index in [1.54, 1.807) is 14.0 Å². The topological polar surface area (TPSA) is 49.8 Å². The number of rotatable bonds is 5. The Bertz CT molecular complexity index is 459. The van der Waals surface area contributed by atoms with Gasteiger partial charge in [-0.15, -0.1) is 0 Å². The summed E-state index contributed by atoms with van der Waals surface area (Å²) in [6.45, 7) is 3.26. The molecule has 0 saturated carbocycles. The monoisotopic (exact) mass is 277 g/mol. The summed E-state index contributed by atoms with van der Waals surface area (Å²) in [5, 5.41) is 9.57. The molecule has 1 aliphatic rings. The van der Waals surface area contributed by atoms with E-state index in [9.17, 15) is 9.90 Å². The Balaban J connectivity index is 1.83. The van der Waals surface area contributed by atoms with Crippen molar-refractivity contribution < 1.29 is 14.6 Å². The van der Waals surface area contributed by atoms with Gasteiger partial charge in [0.05, 0.1) is 13.2 Å². The number of aryl methyl sites for hydroxylation is 1. The number of hydrogen-bond acceptors (Lipinski definition) is 3. The van der Waals surface area contributed by atoms with Gasteiger partial charge in [-0.2, -0.15) is 0 Å². The van der Waals surface area contributed by atoms with Crippen LogP contribution < -0.4 is 4.74 Å². The van der Waals surface area contributed by atoms with E-state index in [-0.39, 0.29) is 17.9 Å². The number of ether oxygens (including phenoxy) is 1. The minimum atomic E-state index is -0.328. The fourth-order valence-corrected chi connectivity index (χ4v) is 2.64. The van der Waals surface area contributed by atoms with Crippen molar-refractivity contribution in [2.45, 2.75) is 32.3 Å². The molecule has 4 nitrogen and oxygen atoms in total. The summed E-state index contributed by atoms with van der Waals surface area (Å²) >= 11 is 0. The van der Waals surface area contributed by atoms with Crippen LogP contribution in [-0.2, 0) is 11.2 Å². The molecule has 1 aliphatic heterocycles. The fraction of sp³-hybridized carbons (Fsp3) is 0.562. The number of nitrogens with zero attached hydrogens (tertiary/aromatic N) is 1. The number of aliphatic hydroxyl groups excluding tert-OH is 1. The Kier molecular flexibility index (Phi) is 5.01. The Morgan fingerprint density at radius 2 is 2.35 bits per heavy atom. The zero-order chi connectivity index (χ0) is 14.5. The molecule has 0 aliphatic carbocycles. The summed E-state index contributed by atoms with van der Waals surface area (Å²) in [4.78, 5) is 14.0. The van der Waals surface area contributed by atoms with E-state index in [1.807, 2.05) is 29.2 Å². The smallest absolute Gasteiger partial charge is 0.222 e. The first kappa shape index (κ1) is 14.9. The van der Waals surface area contributed by atoms with Gasteiger partial charge in [0.25, 0.3) is 0 Å². The lowest BCUT2D eigenvalue weighted by Gasteiger charge is -2.17. The normalized spacial score (nSPS) is 19.9. The first-order valence-corrected chi connectivity index (χ1v) is 7.19. The molecule has 1 aromatic rings. The second-order valence-electron chi connectivity index (χ2n) is 5.48. The third-order valence-electron chi connectivity index (χ3n) is 4.02. The molecule has 0 spiro atoms. The molecule has 1 heterocycles. The second-order valence-corrected chi connectivity index (χ2v) is 5.48. The van der Waals surface area contributed by atoms with Gasteiger partial charge < -0.3 is 14.7 Å². The van der Waals surface area contributed by atoms with E-state index in [1.165, 1.54) is 0 Å². The summed E-state index contributed by atoms with van der Waals surface area (Å²) in [5.41, 5.74) is 1.11. The molecule has 1 fully saturated rings. The standard InChI is InChI=1S/C16H23NO3/c1-12(18)14-8-9-17(11-14)16(19)7-6-13-4-3-5-15(10-13)20-2/h3-5,10,12,14,18H,6-9,11H2,1-2H3. The van der Waals surface area contributed by atoms with Gasteiger partial charge in [-0.25, -0.2) is 0 Å². The van der Waals surface area contributed by atoms with Crippen molar-refractivity contribution >= 4 is 5.91 Å². The number of aliphatic hydroxyl groups is 1. The van der Waals surface area contributed by atoms with Crippen LogP contribution in [0.3, 0.4) is 0 Å². The van der Waals surface area contributed by atoms with E-state index >= 15 is 0 Å². The molecule has 2 atom stereocenters. The fourth-order valence-electron chi connectivity index (χ4n) is 2.64. The maximum absolute atomic E-state index is 12.2. The molecule has 20 heavy (non-hydrogen) atoms. The highest BCUT2D eigenvalue weighted by Gasteiger charge is 2.28. The first-order chi connectivity index (χ1) is 9.60. The van der Waals surface area contributed by atoms with Crippen LogP contribution in [0.1, 0.15) is 25.3 Å². The number of carbonyl (C=O) groups excluding carboxylic acids is 1. The summed E-state index contributed by atoms with van der Waals surface area (Å²) in [6, 6.07) is 7.82. The minimum Gasteiger partial charge on any atom is -0.497 e. The zero-order valence-electron chi connectivity index (χ0n) is 12.2. The Hall–Kier alpha value is -1.55. The number of benzene rings is 1. The SMILES string of the molecule is COc1cccc(CCC(=O)N2CCC(C(C)O)C2)c1. The Morgan fingerprint density at radius 1 is 1.55 bits per heavy atom. The van der Waals surface area contributed by atoms with Gasteiger partial charge >= 0.3 is 0 Å². The van der Waals surface area contributed by atoms with Gasteiger partial charge in [0.1, 0.15) is 5.75 Å². The summed E-state index contributed by atoms with van der Waals surface area (Å²) in [6.07, 6.45) is 1.82. The molecule has 110 valence electrons. The van der Waals surface area contributed by atoms with Crippen molar-refractivity contribution in [2.24, 2.45) is 5.92 Å². The predicted octanol–water partition coefficient (Wildman–Crippen LogP) is 1.86. The van der Waals surface area contributed by atoms with Crippen molar-refractivity contribution in [1.82, 2.24) is 4.90 Å². The number of likely N-dealkylation sites (tertiary alicyclic amines) is 1. The van der Waals surface area contributed by atoms with Crippen LogP contribution in [-0.4, -0.2) is 42.2 Å². The highest BCUT2D eigenvalue weighted by Crippen LogP contribution is 2.21. The van der Waals surface area contributed by atoms with Crippen LogP contribution in [0.25, 0.3) is 0 Å². The Morgan fingerprint density at radius 3 is 3.00 bits per heavy atom. The number of hydrogen-bond donors (Lipinski definition) is 1. The lowest BCUT2D eigenvalue weighted by atomic mass is 10.0. The minimum absolute atomic E-state index is 0.177. The highest BCUT2D eigenvalue weighted by atomic mass is 16.5. The molecular formula is C16H23NO3. The lowest BCUT2D eigenvalue weighted by molar-refractivity contribution is -0.130. The first-order valence-electron chi connectivity index (χ1n) is 7.19. The molecule has 0 radical (unpaired) electrons. The van der Waals surface area contributed by atoms with E-state index in [0.29, 0.717) is 13.0 Å². The molecule has 1 saturated heterocycles. The van der Waals surface area contributed by atoms with Crippen molar-refractivity contribution in [2.75, 3.05) is 20.2 Å². The van der Waals surface area contributed by atoms with Crippen LogP contribution in [0.4, 0.5) is 0 Å². The van der Waals surface area contributed by atoms with Crippen LogP contribution in [0.5, 0.6) is 5.75 Å². The van der Waals surface area contributed by atoms with Crippen molar-refractivity contribution in [3.63, 3.8) is 0 Å². The lowest BCUT2D eigenvalue weighted by Crippen LogP contribution is -2.30. The summed E-state index contributed by atoms with van der Waals surface area (Å²) < 4.78 is 5.18. The maximum atomic E-state index is 12.2. The van der Waals surface area contributed by atoms with Crippen LogP contribution in [0.2, 0.25) is 0 Å². The third kappa shape index (κ3) is 3.73. The van der Waals surface area contributed by atoms with E-state index < -0.39 is 0 Å². The largest absolute Gasteiger partial charge is 0.497 e. The van der Waals surface area contributed by atoms with Crippen LogP contribution >= 0.6 is 0 Å². The number of amides is 1. The highest BCUT2D eigenvalue weighted by molar-refractivity contribution is 5.76. The quantitative estimate of drug-likeness (QED) is 0.893. The molecule has 1 amide bonds. The van der Waals surface area contributed by atoms with E-state index in [4.69, 9.17) is 4.74 Å². The molecule has 4 heteroatoms. The van der Waals surface area contributed by atoms with Crippen molar-refractivity contribution in [3.05, 3.63) is 29.8 Å². The van der Waals surface area contributed by atoms with Gasteiger partial charge in [-0.1, -0.05) is 12.1 Å². The third-order valence-corrected chi connectivity index (χ3v) is 4.02.